The van der Waals surface area contributed by atoms with Gasteiger partial charge in [-0.05, 0) is 87.3 Å². The van der Waals surface area contributed by atoms with Crippen LogP contribution in [0.25, 0.3) is 0 Å². The largest absolute Gasteiger partial charge is 0.486 e. The molecule has 5 atom stereocenters. The van der Waals surface area contributed by atoms with E-state index in [2.05, 4.69) is 41.6 Å². The van der Waals surface area contributed by atoms with Crippen LogP contribution in [0.2, 0.25) is 0 Å². The van der Waals surface area contributed by atoms with E-state index < -0.39 is 0 Å². The normalized spacial score (nSPS) is 23.7. The first-order valence-electron chi connectivity index (χ1n) is 19.0. The van der Waals surface area contributed by atoms with E-state index in [4.69, 9.17) is 9.47 Å². The molecular formula is C42H56N4O5. The van der Waals surface area contributed by atoms with Crippen molar-refractivity contribution >= 4 is 17.5 Å². The van der Waals surface area contributed by atoms with Crippen molar-refractivity contribution in [3.05, 3.63) is 83.9 Å². The van der Waals surface area contributed by atoms with Crippen LogP contribution in [0.1, 0.15) is 74.7 Å². The van der Waals surface area contributed by atoms with Gasteiger partial charge in [0.2, 0.25) is 5.91 Å². The summed E-state index contributed by atoms with van der Waals surface area (Å²) < 4.78 is 12.8. The molecule has 1 saturated carbocycles. The highest BCUT2D eigenvalue weighted by Crippen LogP contribution is 2.39. The second-order valence-corrected chi connectivity index (χ2v) is 15.1. The Hall–Kier alpha value is -3.92. The van der Waals surface area contributed by atoms with E-state index in [-0.39, 0.29) is 42.4 Å². The number of aliphatic hydroxyl groups excluding tert-OH is 1. The Morgan fingerprint density at radius 3 is 2.45 bits per heavy atom. The third-order valence-corrected chi connectivity index (χ3v) is 11.2. The highest BCUT2D eigenvalue weighted by molar-refractivity contribution is 6.02. The number of aliphatic hydroxyl groups is 1. The van der Waals surface area contributed by atoms with Crippen LogP contribution in [-0.2, 0) is 11.3 Å². The second-order valence-electron chi connectivity index (χ2n) is 15.1. The molecule has 274 valence electrons. The average Bonchev–Trinajstić information content (AvgIpc) is 3.44. The predicted molar refractivity (Wildman–Crippen MR) is 201 cm³/mol. The van der Waals surface area contributed by atoms with E-state index in [9.17, 15) is 14.7 Å². The Balaban J connectivity index is 1.21. The summed E-state index contributed by atoms with van der Waals surface area (Å²) in [6.45, 7) is 7.25. The van der Waals surface area contributed by atoms with E-state index in [1.54, 1.807) is 11.0 Å². The summed E-state index contributed by atoms with van der Waals surface area (Å²) in [4.78, 5) is 32.2. The molecule has 0 aromatic heterocycles. The summed E-state index contributed by atoms with van der Waals surface area (Å²) in [5.74, 6) is 2.52. The first-order chi connectivity index (χ1) is 24.8. The molecule has 1 aliphatic carbocycles. The number of benzene rings is 3. The van der Waals surface area contributed by atoms with Crippen LogP contribution < -0.4 is 20.1 Å². The summed E-state index contributed by atoms with van der Waals surface area (Å²) in [6.07, 6.45) is 7.93. The molecule has 0 spiro atoms. The van der Waals surface area contributed by atoms with Gasteiger partial charge in [0.05, 0.1) is 23.9 Å². The lowest BCUT2D eigenvalue weighted by molar-refractivity contribution is -0.123. The number of carbonyl (C=O) groups excluding carboxylic acids is 2. The summed E-state index contributed by atoms with van der Waals surface area (Å²) in [6, 6.07) is 23.0. The summed E-state index contributed by atoms with van der Waals surface area (Å²) >= 11 is 0. The number of hydrogen-bond donors (Lipinski definition) is 3. The Bertz CT molecular complexity index is 1580. The van der Waals surface area contributed by atoms with Gasteiger partial charge < -0.3 is 30.1 Å². The van der Waals surface area contributed by atoms with E-state index in [0.29, 0.717) is 48.5 Å². The first kappa shape index (κ1) is 36.9. The standard InChI is InChI=1S/C42H56N4O5/c1-29-25-46(30(2)28-47)42(49)36-16-11-17-38(44-41(48)35-22-23-43-24-37(35)32-12-7-4-5-8-13-32)40(36)51-39(29)27-45(3)26-31-18-20-34(21-19-31)50-33-14-9-6-10-15-33/h6,9-11,14-21,29-30,32,35,37,39,43,47H,4-5,7-8,12-13,22-28H2,1-3H3,(H,44,48). The fourth-order valence-electron chi connectivity index (χ4n) is 8.20. The number of nitrogens with one attached hydrogen (secondary N) is 2. The Morgan fingerprint density at radius 1 is 1.00 bits per heavy atom. The zero-order valence-corrected chi connectivity index (χ0v) is 30.6. The van der Waals surface area contributed by atoms with E-state index in [0.717, 1.165) is 36.6 Å². The van der Waals surface area contributed by atoms with Crippen LogP contribution in [0.5, 0.6) is 17.2 Å². The van der Waals surface area contributed by atoms with Gasteiger partial charge in [0.1, 0.15) is 17.6 Å². The third kappa shape index (κ3) is 9.31. The van der Waals surface area contributed by atoms with Crippen LogP contribution in [0, 0.1) is 23.7 Å². The molecular weight excluding hydrogens is 640 g/mol. The molecule has 9 nitrogen and oxygen atoms in total. The number of nitrogens with zero attached hydrogens (tertiary/aromatic N) is 2. The lowest BCUT2D eigenvalue weighted by Crippen LogP contribution is -2.50. The number of carbonyl (C=O) groups is 2. The lowest BCUT2D eigenvalue weighted by atomic mass is 9.74. The van der Waals surface area contributed by atoms with Gasteiger partial charge in [0, 0.05) is 31.5 Å². The number of ether oxygens (including phenoxy) is 2. The van der Waals surface area contributed by atoms with Gasteiger partial charge in [-0.2, -0.15) is 0 Å². The maximum absolute atomic E-state index is 14.2. The van der Waals surface area contributed by atoms with Crippen molar-refractivity contribution in [1.29, 1.82) is 0 Å². The summed E-state index contributed by atoms with van der Waals surface area (Å²) in [5, 5.41) is 17.0. The van der Waals surface area contributed by atoms with E-state index in [1.165, 1.54) is 38.5 Å². The van der Waals surface area contributed by atoms with Crippen molar-refractivity contribution in [2.24, 2.45) is 23.7 Å². The summed E-state index contributed by atoms with van der Waals surface area (Å²) in [7, 11) is 2.07. The third-order valence-electron chi connectivity index (χ3n) is 11.2. The molecule has 2 fully saturated rings. The topological polar surface area (TPSA) is 103 Å². The van der Waals surface area contributed by atoms with Crippen molar-refractivity contribution < 1.29 is 24.2 Å². The van der Waals surface area contributed by atoms with Crippen molar-refractivity contribution in [2.75, 3.05) is 45.2 Å². The van der Waals surface area contributed by atoms with Gasteiger partial charge >= 0.3 is 0 Å². The maximum atomic E-state index is 14.2. The molecule has 2 aliphatic heterocycles. The van der Waals surface area contributed by atoms with Gasteiger partial charge in [-0.25, -0.2) is 0 Å². The number of para-hydroxylation sites is 2. The fraction of sp³-hybridized carbons (Fsp3) is 0.524. The summed E-state index contributed by atoms with van der Waals surface area (Å²) in [5.41, 5.74) is 2.09. The molecule has 5 unspecified atom stereocenters. The van der Waals surface area contributed by atoms with E-state index >= 15 is 0 Å². The molecule has 2 heterocycles. The zero-order chi connectivity index (χ0) is 35.7. The fourth-order valence-corrected chi connectivity index (χ4v) is 8.20. The minimum Gasteiger partial charge on any atom is -0.486 e. The molecule has 0 bridgehead atoms. The number of anilines is 1. The average molecular weight is 697 g/mol. The van der Waals surface area contributed by atoms with Crippen molar-refractivity contribution in [3.63, 3.8) is 0 Å². The molecule has 3 aromatic rings. The number of hydrogen-bond acceptors (Lipinski definition) is 7. The van der Waals surface area contributed by atoms with Crippen molar-refractivity contribution in [2.45, 2.75) is 77.5 Å². The van der Waals surface area contributed by atoms with Crippen LogP contribution >= 0.6 is 0 Å². The smallest absolute Gasteiger partial charge is 0.258 e. The zero-order valence-electron chi connectivity index (χ0n) is 30.6. The Kier molecular flexibility index (Phi) is 12.7. The Labute approximate surface area is 303 Å². The molecule has 0 radical (unpaired) electrons. The minimum absolute atomic E-state index is 0.0132. The lowest BCUT2D eigenvalue weighted by Gasteiger charge is -2.39. The molecule has 3 aromatic carbocycles. The van der Waals surface area contributed by atoms with Crippen LogP contribution in [0.15, 0.2) is 72.8 Å². The molecule has 3 aliphatic rings. The molecule has 3 N–H and O–H groups in total. The van der Waals surface area contributed by atoms with Crippen molar-refractivity contribution in [1.82, 2.24) is 15.1 Å². The monoisotopic (exact) mass is 696 g/mol. The molecule has 9 heteroatoms. The highest BCUT2D eigenvalue weighted by Gasteiger charge is 2.38. The molecule has 2 amide bonds. The van der Waals surface area contributed by atoms with E-state index in [1.807, 2.05) is 61.5 Å². The number of rotatable bonds is 11. The maximum Gasteiger partial charge on any atom is 0.258 e. The van der Waals surface area contributed by atoms with Gasteiger partial charge in [-0.3, -0.25) is 14.5 Å². The van der Waals surface area contributed by atoms with Crippen molar-refractivity contribution in [3.8, 4) is 17.2 Å². The number of amides is 2. The molecule has 6 rings (SSSR count). The number of fused-ring (bicyclic) bond motifs is 1. The van der Waals surface area contributed by atoms with Crippen LogP contribution in [0.3, 0.4) is 0 Å². The van der Waals surface area contributed by atoms with Gasteiger partial charge in [0.25, 0.3) is 5.91 Å². The number of likely N-dealkylation sites (N-methyl/N-ethyl adjacent to an activating group) is 1. The van der Waals surface area contributed by atoms with Gasteiger partial charge in [0.15, 0.2) is 5.75 Å². The minimum atomic E-state index is -0.366. The first-order valence-corrected chi connectivity index (χ1v) is 19.0. The quantitative estimate of drug-likeness (QED) is 0.186. The van der Waals surface area contributed by atoms with Crippen LogP contribution in [-0.4, -0.2) is 78.7 Å². The highest BCUT2D eigenvalue weighted by atomic mass is 16.5. The predicted octanol–water partition coefficient (Wildman–Crippen LogP) is 6.97. The van der Waals surface area contributed by atoms with Gasteiger partial charge in [-0.15, -0.1) is 0 Å². The SMILES string of the molecule is CC1CN(C(C)CO)C(=O)c2cccc(NC(=O)C3CCNCC3C3CCCCCC3)c2OC1CN(C)Cc1ccc(Oc2ccccc2)cc1. The Morgan fingerprint density at radius 2 is 1.73 bits per heavy atom. The second kappa shape index (κ2) is 17.5. The van der Waals surface area contributed by atoms with Crippen LogP contribution in [0.4, 0.5) is 5.69 Å². The molecule has 51 heavy (non-hydrogen) atoms. The van der Waals surface area contributed by atoms with Gasteiger partial charge in [-0.1, -0.05) is 81.8 Å². The molecule has 1 saturated heterocycles. The number of piperidine rings is 1.